The van der Waals surface area contributed by atoms with E-state index in [9.17, 15) is 0 Å². The first-order valence-electron chi connectivity index (χ1n) is 7.42. The lowest BCUT2D eigenvalue weighted by Gasteiger charge is -2.22. The third-order valence-electron chi connectivity index (χ3n) is 3.91. The highest BCUT2D eigenvalue weighted by Gasteiger charge is 2.24. The topological polar surface area (TPSA) is 65.7 Å². The van der Waals surface area contributed by atoms with E-state index in [1.54, 1.807) is 14.2 Å². The predicted octanol–water partition coefficient (Wildman–Crippen LogP) is 1.64. The van der Waals surface area contributed by atoms with Crippen LogP contribution in [-0.4, -0.2) is 39.5 Å². The van der Waals surface area contributed by atoms with Crippen molar-refractivity contribution in [3.8, 4) is 11.5 Å². The molecule has 1 aliphatic rings. The van der Waals surface area contributed by atoms with Crippen molar-refractivity contribution in [2.75, 3.05) is 27.3 Å². The minimum absolute atomic E-state index is 0.0161. The molecule has 1 aliphatic heterocycles. The maximum absolute atomic E-state index is 5.93. The standard InChI is InChI=1S/C16H26N2O3/c1-10-5-12-6-16(20-4)13(7-15(12)21-10)14(8-17)18-9-11(2)19-3/h6-7,10-11,14,18H,5,8-9,17H2,1-4H3. The van der Waals surface area contributed by atoms with Gasteiger partial charge in [0.1, 0.15) is 17.6 Å². The van der Waals surface area contributed by atoms with E-state index >= 15 is 0 Å². The summed E-state index contributed by atoms with van der Waals surface area (Å²) < 4.78 is 16.6. The zero-order valence-corrected chi connectivity index (χ0v) is 13.3. The first-order chi connectivity index (χ1) is 10.1. The molecular formula is C16H26N2O3. The van der Waals surface area contributed by atoms with Gasteiger partial charge in [0, 0.05) is 43.8 Å². The molecular weight excluding hydrogens is 268 g/mol. The average Bonchev–Trinajstić information content (AvgIpc) is 2.85. The number of hydrogen-bond acceptors (Lipinski definition) is 5. The van der Waals surface area contributed by atoms with Crippen LogP contribution in [-0.2, 0) is 11.2 Å². The van der Waals surface area contributed by atoms with Crippen LogP contribution >= 0.6 is 0 Å². The van der Waals surface area contributed by atoms with E-state index < -0.39 is 0 Å². The number of nitrogens with two attached hydrogens (primary N) is 1. The molecule has 1 heterocycles. The molecule has 1 aromatic carbocycles. The van der Waals surface area contributed by atoms with Crippen molar-refractivity contribution in [1.29, 1.82) is 0 Å². The number of ether oxygens (including phenoxy) is 3. The van der Waals surface area contributed by atoms with Crippen molar-refractivity contribution < 1.29 is 14.2 Å². The van der Waals surface area contributed by atoms with Crippen LogP contribution in [0.2, 0.25) is 0 Å². The molecule has 0 aliphatic carbocycles. The highest BCUT2D eigenvalue weighted by molar-refractivity contribution is 5.50. The zero-order chi connectivity index (χ0) is 15.4. The van der Waals surface area contributed by atoms with Gasteiger partial charge in [0.25, 0.3) is 0 Å². The molecule has 0 saturated carbocycles. The molecule has 0 amide bonds. The van der Waals surface area contributed by atoms with Crippen molar-refractivity contribution >= 4 is 0 Å². The van der Waals surface area contributed by atoms with Gasteiger partial charge in [0.15, 0.2) is 0 Å². The summed E-state index contributed by atoms with van der Waals surface area (Å²) in [4.78, 5) is 0. The molecule has 3 atom stereocenters. The summed E-state index contributed by atoms with van der Waals surface area (Å²) in [6.07, 6.45) is 1.28. The third kappa shape index (κ3) is 3.67. The number of nitrogens with one attached hydrogen (secondary N) is 1. The number of benzene rings is 1. The Labute approximate surface area is 126 Å². The minimum Gasteiger partial charge on any atom is -0.496 e. The smallest absolute Gasteiger partial charge is 0.124 e. The molecule has 5 heteroatoms. The zero-order valence-electron chi connectivity index (χ0n) is 13.3. The van der Waals surface area contributed by atoms with Gasteiger partial charge in [-0.3, -0.25) is 0 Å². The maximum atomic E-state index is 5.93. The van der Waals surface area contributed by atoms with Gasteiger partial charge in [-0.25, -0.2) is 0 Å². The Bertz CT molecular complexity index is 479. The van der Waals surface area contributed by atoms with E-state index in [1.807, 2.05) is 6.92 Å². The van der Waals surface area contributed by atoms with Crippen LogP contribution in [0.3, 0.4) is 0 Å². The van der Waals surface area contributed by atoms with Crippen LogP contribution in [0.4, 0.5) is 0 Å². The molecule has 5 nitrogen and oxygen atoms in total. The second-order valence-electron chi connectivity index (χ2n) is 5.58. The lowest BCUT2D eigenvalue weighted by atomic mass is 10.0. The SMILES string of the molecule is COc1cc2c(cc1C(CN)NCC(C)OC)OC(C)C2. The summed E-state index contributed by atoms with van der Waals surface area (Å²) in [6.45, 7) is 5.31. The number of hydrogen-bond donors (Lipinski definition) is 2. The normalized spacial score (nSPS) is 19.8. The van der Waals surface area contributed by atoms with Gasteiger partial charge in [0.2, 0.25) is 0 Å². The Hall–Kier alpha value is -1.30. The molecule has 3 N–H and O–H groups in total. The van der Waals surface area contributed by atoms with Crippen LogP contribution in [0.5, 0.6) is 11.5 Å². The van der Waals surface area contributed by atoms with Gasteiger partial charge in [-0.05, 0) is 26.0 Å². The largest absolute Gasteiger partial charge is 0.496 e. The lowest BCUT2D eigenvalue weighted by Crippen LogP contribution is -2.34. The molecule has 0 bridgehead atoms. The van der Waals surface area contributed by atoms with Crippen molar-refractivity contribution in [2.24, 2.45) is 5.73 Å². The van der Waals surface area contributed by atoms with Gasteiger partial charge >= 0.3 is 0 Å². The highest BCUT2D eigenvalue weighted by atomic mass is 16.5. The Morgan fingerprint density at radius 2 is 2.19 bits per heavy atom. The molecule has 21 heavy (non-hydrogen) atoms. The van der Waals surface area contributed by atoms with Crippen molar-refractivity contribution in [3.63, 3.8) is 0 Å². The molecule has 0 spiro atoms. The predicted molar refractivity (Wildman–Crippen MR) is 83.1 cm³/mol. The fourth-order valence-electron chi connectivity index (χ4n) is 2.62. The molecule has 118 valence electrons. The molecule has 2 rings (SSSR count). The monoisotopic (exact) mass is 294 g/mol. The minimum atomic E-state index is 0.0161. The van der Waals surface area contributed by atoms with Crippen LogP contribution in [0.25, 0.3) is 0 Å². The Kier molecular flexibility index (Phi) is 5.45. The van der Waals surface area contributed by atoms with E-state index in [2.05, 4.69) is 24.4 Å². The van der Waals surface area contributed by atoms with Crippen LogP contribution in [0.1, 0.15) is 31.0 Å². The molecule has 0 radical (unpaired) electrons. The fourth-order valence-corrected chi connectivity index (χ4v) is 2.62. The quantitative estimate of drug-likeness (QED) is 0.800. The van der Waals surface area contributed by atoms with Crippen LogP contribution in [0, 0.1) is 0 Å². The number of methoxy groups -OCH3 is 2. The summed E-state index contributed by atoms with van der Waals surface area (Å²) in [5.41, 5.74) is 8.17. The Balaban J connectivity index is 2.22. The molecule has 0 saturated heterocycles. The van der Waals surface area contributed by atoms with E-state index in [0.29, 0.717) is 6.54 Å². The van der Waals surface area contributed by atoms with Gasteiger partial charge in [-0.15, -0.1) is 0 Å². The number of fused-ring (bicyclic) bond motifs is 1. The van der Waals surface area contributed by atoms with Crippen molar-refractivity contribution in [3.05, 3.63) is 23.3 Å². The third-order valence-corrected chi connectivity index (χ3v) is 3.91. The van der Waals surface area contributed by atoms with Gasteiger partial charge < -0.3 is 25.3 Å². The second-order valence-corrected chi connectivity index (χ2v) is 5.58. The molecule has 0 aromatic heterocycles. The van der Waals surface area contributed by atoms with Gasteiger partial charge in [0.05, 0.1) is 13.2 Å². The highest BCUT2D eigenvalue weighted by Crippen LogP contribution is 2.37. The summed E-state index contributed by atoms with van der Waals surface area (Å²) in [5, 5.41) is 3.43. The first kappa shape index (κ1) is 16.1. The Morgan fingerprint density at radius 1 is 1.43 bits per heavy atom. The Morgan fingerprint density at radius 3 is 2.81 bits per heavy atom. The summed E-state index contributed by atoms with van der Waals surface area (Å²) in [6, 6.07) is 4.14. The van der Waals surface area contributed by atoms with Crippen LogP contribution < -0.4 is 20.5 Å². The van der Waals surface area contributed by atoms with E-state index in [-0.39, 0.29) is 18.2 Å². The maximum Gasteiger partial charge on any atom is 0.124 e. The molecule has 3 unspecified atom stereocenters. The van der Waals surface area contributed by atoms with E-state index in [4.69, 9.17) is 19.9 Å². The van der Waals surface area contributed by atoms with E-state index in [0.717, 1.165) is 30.0 Å². The second kappa shape index (κ2) is 7.11. The van der Waals surface area contributed by atoms with Crippen LogP contribution in [0.15, 0.2) is 12.1 Å². The first-order valence-corrected chi connectivity index (χ1v) is 7.42. The summed E-state index contributed by atoms with van der Waals surface area (Å²) in [7, 11) is 3.39. The van der Waals surface area contributed by atoms with E-state index in [1.165, 1.54) is 5.56 Å². The van der Waals surface area contributed by atoms with Crippen molar-refractivity contribution in [1.82, 2.24) is 5.32 Å². The fraction of sp³-hybridized carbons (Fsp3) is 0.625. The molecule has 0 fully saturated rings. The lowest BCUT2D eigenvalue weighted by molar-refractivity contribution is 0.114. The average molecular weight is 294 g/mol. The van der Waals surface area contributed by atoms with Gasteiger partial charge in [-0.2, -0.15) is 0 Å². The summed E-state index contributed by atoms with van der Waals surface area (Å²) >= 11 is 0. The van der Waals surface area contributed by atoms with Gasteiger partial charge in [-0.1, -0.05) is 0 Å². The number of rotatable bonds is 7. The molecule has 1 aromatic rings. The summed E-state index contributed by atoms with van der Waals surface area (Å²) in [5.74, 6) is 1.80. The van der Waals surface area contributed by atoms with Crippen molar-refractivity contribution in [2.45, 2.75) is 38.5 Å².